The summed E-state index contributed by atoms with van der Waals surface area (Å²) in [6.45, 7) is 1.94. The number of nitrogens with one attached hydrogen (secondary N) is 1. The summed E-state index contributed by atoms with van der Waals surface area (Å²) >= 11 is 3.11. The summed E-state index contributed by atoms with van der Waals surface area (Å²) in [7, 11) is 0. The van der Waals surface area contributed by atoms with E-state index in [1.165, 1.54) is 6.21 Å². The number of hydrogen-bond donors (Lipinski definition) is 2. The molecule has 0 saturated carbocycles. The summed E-state index contributed by atoms with van der Waals surface area (Å²) in [5.41, 5.74) is 6.13. The molecular formula is C5H9BrN2. The summed E-state index contributed by atoms with van der Waals surface area (Å²) in [6.07, 6.45) is 1.98. The Morgan fingerprint density at radius 3 is 2.50 bits per heavy atom. The van der Waals surface area contributed by atoms with Gasteiger partial charge in [-0.05, 0) is 22.4 Å². The molecule has 0 aromatic rings. The largest absolute Gasteiger partial charge is 0.401 e. The van der Waals surface area contributed by atoms with Gasteiger partial charge in [0.15, 0.2) is 0 Å². The van der Waals surface area contributed by atoms with Crippen molar-refractivity contribution < 1.29 is 0 Å². The first-order valence-electron chi connectivity index (χ1n) is 2.37. The molecule has 0 unspecified atom stereocenters. The van der Waals surface area contributed by atoms with E-state index in [0.717, 1.165) is 12.1 Å². The maximum absolute atomic E-state index is 6.73. The minimum atomic E-state index is 0.681. The molecule has 2 nitrogen and oxygen atoms in total. The van der Waals surface area contributed by atoms with Gasteiger partial charge < -0.3 is 11.1 Å². The predicted molar refractivity (Wildman–Crippen MR) is 39.2 cm³/mol. The average molecular weight is 177 g/mol. The lowest BCUT2D eigenvalue weighted by Gasteiger charge is -1.93. The maximum atomic E-state index is 6.73. The zero-order chi connectivity index (χ0) is 6.57. The van der Waals surface area contributed by atoms with Gasteiger partial charge >= 0.3 is 0 Å². The van der Waals surface area contributed by atoms with Crippen molar-refractivity contribution in [1.29, 1.82) is 5.41 Å². The van der Waals surface area contributed by atoms with E-state index in [-0.39, 0.29) is 0 Å². The van der Waals surface area contributed by atoms with Crippen molar-refractivity contribution >= 4 is 22.1 Å². The summed E-state index contributed by atoms with van der Waals surface area (Å²) in [5, 5.41) is 6.73. The van der Waals surface area contributed by atoms with Crippen molar-refractivity contribution in [3.8, 4) is 0 Å². The van der Waals surface area contributed by atoms with Gasteiger partial charge in [-0.1, -0.05) is 6.92 Å². The fraction of sp³-hybridized carbons (Fsp3) is 0.400. The van der Waals surface area contributed by atoms with Crippen molar-refractivity contribution in [2.24, 2.45) is 5.73 Å². The Morgan fingerprint density at radius 2 is 2.38 bits per heavy atom. The van der Waals surface area contributed by atoms with Crippen LogP contribution in [0.4, 0.5) is 0 Å². The third kappa shape index (κ3) is 2.12. The van der Waals surface area contributed by atoms with Crippen LogP contribution in [0, 0.1) is 5.41 Å². The Morgan fingerprint density at radius 1 is 1.88 bits per heavy atom. The van der Waals surface area contributed by atoms with E-state index in [9.17, 15) is 0 Å². The van der Waals surface area contributed by atoms with E-state index >= 15 is 0 Å². The van der Waals surface area contributed by atoms with Crippen LogP contribution >= 0.6 is 15.9 Å². The van der Waals surface area contributed by atoms with Crippen molar-refractivity contribution in [3.05, 3.63) is 10.2 Å². The lowest BCUT2D eigenvalue weighted by atomic mass is 10.3. The van der Waals surface area contributed by atoms with E-state index in [4.69, 9.17) is 11.1 Å². The molecule has 3 N–H and O–H groups in total. The zero-order valence-corrected chi connectivity index (χ0v) is 6.33. The van der Waals surface area contributed by atoms with Gasteiger partial charge in [0.1, 0.15) is 0 Å². The van der Waals surface area contributed by atoms with Crippen LogP contribution in [0.25, 0.3) is 0 Å². The first-order chi connectivity index (χ1) is 3.72. The molecule has 0 aromatic heterocycles. The van der Waals surface area contributed by atoms with Crippen LogP contribution in [-0.4, -0.2) is 6.21 Å². The first-order valence-corrected chi connectivity index (χ1v) is 3.16. The molecule has 0 aromatic carbocycles. The highest BCUT2D eigenvalue weighted by molar-refractivity contribution is 9.12. The van der Waals surface area contributed by atoms with Crippen LogP contribution in [0.2, 0.25) is 0 Å². The van der Waals surface area contributed by atoms with Gasteiger partial charge in [0.25, 0.3) is 0 Å². The first kappa shape index (κ1) is 7.69. The summed E-state index contributed by atoms with van der Waals surface area (Å²) in [6, 6.07) is 0. The molecule has 0 fully saturated rings. The monoisotopic (exact) mass is 176 g/mol. The van der Waals surface area contributed by atoms with E-state index in [0.29, 0.717) is 4.48 Å². The maximum Gasteiger partial charge on any atom is 0.0538 e. The molecule has 46 valence electrons. The van der Waals surface area contributed by atoms with Crippen LogP contribution in [0.15, 0.2) is 10.2 Å². The van der Waals surface area contributed by atoms with Gasteiger partial charge in [0.05, 0.1) is 4.48 Å². The molecule has 0 heterocycles. The third-order valence-electron chi connectivity index (χ3n) is 0.814. The van der Waals surface area contributed by atoms with Crippen LogP contribution in [-0.2, 0) is 0 Å². The Kier molecular flexibility index (Phi) is 3.52. The molecule has 8 heavy (non-hydrogen) atoms. The fourth-order valence-corrected chi connectivity index (χ4v) is 0.542. The molecular weight excluding hydrogens is 168 g/mol. The second-order valence-corrected chi connectivity index (χ2v) is 2.23. The molecule has 0 aliphatic rings. The molecule has 0 aliphatic carbocycles. The van der Waals surface area contributed by atoms with Crippen LogP contribution < -0.4 is 5.73 Å². The number of hydrogen-bond acceptors (Lipinski definition) is 2. The number of nitrogens with two attached hydrogens (primary N) is 1. The molecule has 0 bridgehead atoms. The molecule has 0 spiro atoms. The Balaban J connectivity index is 4.03. The quantitative estimate of drug-likeness (QED) is 0.618. The van der Waals surface area contributed by atoms with Gasteiger partial charge in [-0.15, -0.1) is 0 Å². The van der Waals surface area contributed by atoms with Crippen molar-refractivity contribution in [3.63, 3.8) is 0 Å². The van der Waals surface area contributed by atoms with Gasteiger partial charge in [-0.25, -0.2) is 0 Å². The molecule has 0 radical (unpaired) electrons. The Hall–Kier alpha value is -0.310. The lowest BCUT2D eigenvalue weighted by Crippen LogP contribution is -1.97. The molecule has 3 heteroatoms. The molecule has 0 atom stereocenters. The summed E-state index contributed by atoms with van der Waals surface area (Å²) in [5.74, 6) is 0. The standard InChI is InChI=1S/C5H9BrN2/c1-2-5(8)4(6)3-7/h3,7H,2,8H2,1H3. The lowest BCUT2D eigenvalue weighted by molar-refractivity contribution is 1.07. The van der Waals surface area contributed by atoms with Crippen molar-refractivity contribution in [1.82, 2.24) is 0 Å². The van der Waals surface area contributed by atoms with E-state index in [1.54, 1.807) is 0 Å². The zero-order valence-electron chi connectivity index (χ0n) is 4.74. The van der Waals surface area contributed by atoms with Gasteiger partial charge in [-0.3, -0.25) is 0 Å². The van der Waals surface area contributed by atoms with Crippen molar-refractivity contribution in [2.75, 3.05) is 0 Å². The van der Waals surface area contributed by atoms with E-state index < -0.39 is 0 Å². The summed E-state index contributed by atoms with van der Waals surface area (Å²) < 4.78 is 0.681. The summed E-state index contributed by atoms with van der Waals surface area (Å²) in [4.78, 5) is 0. The second-order valence-electron chi connectivity index (χ2n) is 1.37. The van der Waals surface area contributed by atoms with Crippen molar-refractivity contribution in [2.45, 2.75) is 13.3 Å². The van der Waals surface area contributed by atoms with Crippen LogP contribution in [0.1, 0.15) is 13.3 Å². The highest BCUT2D eigenvalue weighted by Gasteiger charge is 1.89. The molecule has 0 rings (SSSR count). The SMILES string of the molecule is CCC(N)=C(Br)C=N. The molecule has 0 aliphatic heterocycles. The van der Waals surface area contributed by atoms with Gasteiger partial charge in [-0.2, -0.15) is 0 Å². The fourth-order valence-electron chi connectivity index (χ4n) is 0.262. The Bertz CT molecular complexity index is 118. The van der Waals surface area contributed by atoms with Crippen LogP contribution in [0.5, 0.6) is 0 Å². The second kappa shape index (κ2) is 3.66. The minimum absolute atomic E-state index is 0.681. The highest BCUT2D eigenvalue weighted by Crippen LogP contribution is 2.06. The van der Waals surface area contributed by atoms with E-state index in [1.807, 2.05) is 6.92 Å². The number of rotatable bonds is 2. The predicted octanol–water partition coefficient (Wildman–Crippen LogP) is 1.61. The van der Waals surface area contributed by atoms with Crippen LogP contribution in [0.3, 0.4) is 0 Å². The number of allylic oxidation sites excluding steroid dienone is 2. The average Bonchev–Trinajstić information content (AvgIpc) is 1.84. The highest BCUT2D eigenvalue weighted by atomic mass is 79.9. The Labute approximate surface area is 57.4 Å². The van der Waals surface area contributed by atoms with Gasteiger partial charge in [0, 0.05) is 11.9 Å². The topological polar surface area (TPSA) is 49.9 Å². The smallest absolute Gasteiger partial charge is 0.0538 e. The minimum Gasteiger partial charge on any atom is -0.401 e. The molecule has 0 amide bonds. The number of halogens is 1. The molecule has 0 saturated heterocycles. The van der Waals surface area contributed by atoms with E-state index in [2.05, 4.69) is 15.9 Å². The normalized spacial score (nSPS) is 12.8. The third-order valence-corrected chi connectivity index (χ3v) is 1.55. The van der Waals surface area contributed by atoms with Gasteiger partial charge in [0.2, 0.25) is 0 Å².